The molecule has 0 bridgehead atoms. The summed E-state index contributed by atoms with van der Waals surface area (Å²) in [4.78, 5) is 28.2. The number of aromatic nitrogens is 4. The number of carbonyl (C=O) groups excluding carboxylic acids is 1. The number of imidazole rings is 2. The number of para-hydroxylation sites is 2. The molecule has 1 aliphatic rings. The molecule has 1 aromatic carbocycles. The molecule has 0 unspecified atom stereocenters. The number of aromatic amines is 1. The van der Waals surface area contributed by atoms with Crippen LogP contribution in [0.25, 0.3) is 16.0 Å². The molecule has 1 amide bonds. The molecule has 0 aliphatic carbocycles. The van der Waals surface area contributed by atoms with Crippen LogP contribution in [0.1, 0.15) is 30.3 Å². The number of likely N-dealkylation sites (tertiary alicyclic amines) is 1. The highest BCUT2D eigenvalue weighted by Gasteiger charge is 2.26. The maximum absolute atomic E-state index is 12.6. The number of fused-ring (bicyclic) bond motifs is 2. The topological polar surface area (TPSA) is 66.3 Å². The molecule has 1 saturated heterocycles. The van der Waals surface area contributed by atoms with Crippen molar-refractivity contribution in [2.24, 2.45) is 0 Å². The molecule has 4 aromatic rings. The Morgan fingerprint density at radius 3 is 2.88 bits per heavy atom. The average molecular weight is 365 g/mol. The summed E-state index contributed by atoms with van der Waals surface area (Å²) in [5, 5.41) is 2.00. The maximum Gasteiger partial charge on any atom is 0.228 e. The van der Waals surface area contributed by atoms with Gasteiger partial charge in [0.15, 0.2) is 4.96 Å². The summed E-state index contributed by atoms with van der Waals surface area (Å²) < 4.78 is 1.97. The predicted molar refractivity (Wildman–Crippen MR) is 101 cm³/mol. The number of rotatable bonds is 3. The Morgan fingerprint density at radius 2 is 2.08 bits per heavy atom. The van der Waals surface area contributed by atoms with Gasteiger partial charge in [0.1, 0.15) is 5.82 Å². The number of nitrogens with one attached hydrogen (secondary N) is 1. The molecule has 5 rings (SSSR count). The van der Waals surface area contributed by atoms with Crippen molar-refractivity contribution in [3.8, 4) is 0 Å². The molecule has 4 heterocycles. The first-order chi connectivity index (χ1) is 12.8. The molecule has 0 saturated carbocycles. The van der Waals surface area contributed by atoms with Crippen LogP contribution in [0.4, 0.5) is 0 Å². The first-order valence-electron chi connectivity index (χ1n) is 8.90. The Morgan fingerprint density at radius 1 is 1.23 bits per heavy atom. The van der Waals surface area contributed by atoms with Crippen LogP contribution >= 0.6 is 11.3 Å². The number of amides is 1. The Bertz CT molecular complexity index is 1010. The van der Waals surface area contributed by atoms with E-state index in [1.54, 1.807) is 11.3 Å². The lowest BCUT2D eigenvalue weighted by Gasteiger charge is -2.31. The SMILES string of the molecule is O=C(Cc1cn2ccsc2n1)N1CCC(c2nc3ccccc3[nH]2)CC1. The summed E-state index contributed by atoms with van der Waals surface area (Å²) in [5.41, 5.74) is 2.95. The lowest BCUT2D eigenvalue weighted by atomic mass is 9.96. The average Bonchev–Trinajstić information content (AvgIpc) is 3.35. The van der Waals surface area contributed by atoms with Crippen LogP contribution in [-0.4, -0.2) is 43.2 Å². The van der Waals surface area contributed by atoms with Gasteiger partial charge in [0.05, 0.1) is 23.1 Å². The van der Waals surface area contributed by atoms with Crippen molar-refractivity contribution >= 4 is 33.2 Å². The normalized spacial score (nSPS) is 15.9. The third-order valence-electron chi connectivity index (χ3n) is 5.12. The van der Waals surface area contributed by atoms with Crippen LogP contribution in [-0.2, 0) is 11.2 Å². The molecular formula is C19H19N5OS. The second-order valence-corrected chi connectivity index (χ2v) is 7.67. The summed E-state index contributed by atoms with van der Waals surface area (Å²) in [7, 11) is 0. The third kappa shape index (κ3) is 2.78. The highest BCUT2D eigenvalue weighted by molar-refractivity contribution is 7.15. The van der Waals surface area contributed by atoms with E-state index in [1.807, 2.05) is 45.3 Å². The van der Waals surface area contributed by atoms with Crippen LogP contribution in [0.15, 0.2) is 42.0 Å². The van der Waals surface area contributed by atoms with E-state index in [1.165, 1.54) is 0 Å². The van der Waals surface area contributed by atoms with Gasteiger partial charge in [0.25, 0.3) is 0 Å². The summed E-state index contributed by atoms with van der Waals surface area (Å²) in [6.45, 7) is 1.56. The molecule has 6 nitrogen and oxygen atoms in total. The van der Waals surface area contributed by atoms with E-state index in [2.05, 4.69) is 16.0 Å². The highest BCUT2D eigenvalue weighted by Crippen LogP contribution is 2.28. The zero-order chi connectivity index (χ0) is 17.5. The van der Waals surface area contributed by atoms with Gasteiger partial charge in [-0.05, 0) is 25.0 Å². The fourth-order valence-corrected chi connectivity index (χ4v) is 4.42. The number of thiazole rings is 1. The highest BCUT2D eigenvalue weighted by atomic mass is 32.1. The van der Waals surface area contributed by atoms with Crippen molar-refractivity contribution in [3.63, 3.8) is 0 Å². The molecule has 1 fully saturated rings. The molecule has 0 atom stereocenters. The van der Waals surface area contributed by atoms with Gasteiger partial charge in [0, 0.05) is 36.8 Å². The Balaban J connectivity index is 1.23. The van der Waals surface area contributed by atoms with E-state index in [0.29, 0.717) is 12.3 Å². The van der Waals surface area contributed by atoms with Crippen molar-refractivity contribution in [3.05, 3.63) is 53.6 Å². The second kappa shape index (κ2) is 6.25. The Kier molecular flexibility index (Phi) is 3.74. The number of piperidine rings is 1. The third-order valence-corrected chi connectivity index (χ3v) is 5.89. The van der Waals surface area contributed by atoms with E-state index in [9.17, 15) is 4.79 Å². The number of benzene rings is 1. The van der Waals surface area contributed by atoms with Crippen LogP contribution in [0.5, 0.6) is 0 Å². The number of nitrogens with zero attached hydrogens (tertiary/aromatic N) is 4. The van der Waals surface area contributed by atoms with Gasteiger partial charge < -0.3 is 9.88 Å². The maximum atomic E-state index is 12.6. The minimum Gasteiger partial charge on any atom is -0.342 e. The lowest BCUT2D eigenvalue weighted by molar-refractivity contribution is -0.131. The van der Waals surface area contributed by atoms with Gasteiger partial charge in [-0.2, -0.15) is 0 Å². The fourth-order valence-electron chi connectivity index (χ4n) is 3.70. The van der Waals surface area contributed by atoms with Gasteiger partial charge in [-0.3, -0.25) is 9.20 Å². The van der Waals surface area contributed by atoms with Crippen molar-refractivity contribution in [2.75, 3.05) is 13.1 Å². The molecule has 3 aromatic heterocycles. The van der Waals surface area contributed by atoms with Gasteiger partial charge in [0.2, 0.25) is 5.91 Å². The first-order valence-corrected chi connectivity index (χ1v) is 9.78. The zero-order valence-corrected chi connectivity index (χ0v) is 15.1. The number of hydrogen-bond acceptors (Lipinski definition) is 4. The summed E-state index contributed by atoms with van der Waals surface area (Å²) >= 11 is 1.59. The predicted octanol–water partition coefficient (Wildman–Crippen LogP) is 3.22. The number of carbonyl (C=O) groups is 1. The lowest BCUT2D eigenvalue weighted by Crippen LogP contribution is -2.39. The largest absolute Gasteiger partial charge is 0.342 e. The zero-order valence-electron chi connectivity index (χ0n) is 14.3. The summed E-state index contributed by atoms with van der Waals surface area (Å²) in [5.74, 6) is 1.61. The molecular weight excluding hydrogens is 346 g/mol. The quantitative estimate of drug-likeness (QED) is 0.606. The van der Waals surface area contributed by atoms with E-state index < -0.39 is 0 Å². The molecule has 0 radical (unpaired) electrons. The number of hydrogen-bond donors (Lipinski definition) is 1. The molecule has 1 N–H and O–H groups in total. The van der Waals surface area contributed by atoms with Crippen molar-refractivity contribution in [1.82, 2.24) is 24.3 Å². The van der Waals surface area contributed by atoms with Crippen LogP contribution in [0, 0.1) is 0 Å². The Labute approximate surface area is 154 Å². The first kappa shape index (κ1) is 15.6. The van der Waals surface area contributed by atoms with Crippen LogP contribution in [0.2, 0.25) is 0 Å². The molecule has 132 valence electrons. The monoisotopic (exact) mass is 365 g/mol. The molecule has 1 aliphatic heterocycles. The fraction of sp³-hybridized carbons (Fsp3) is 0.316. The van der Waals surface area contributed by atoms with E-state index in [-0.39, 0.29) is 5.91 Å². The van der Waals surface area contributed by atoms with Crippen molar-refractivity contribution in [2.45, 2.75) is 25.2 Å². The smallest absolute Gasteiger partial charge is 0.228 e. The summed E-state index contributed by atoms with van der Waals surface area (Å²) in [6, 6.07) is 8.11. The molecule has 0 spiro atoms. The van der Waals surface area contributed by atoms with Gasteiger partial charge in [-0.1, -0.05) is 12.1 Å². The van der Waals surface area contributed by atoms with E-state index >= 15 is 0 Å². The van der Waals surface area contributed by atoms with Gasteiger partial charge in [-0.15, -0.1) is 11.3 Å². The minimum absolute atomic E-state index is 0.166. The van der Waals surface area contributed by atoms with Gasteiger partial charge >= 0.3 is 0 Å². The standard InChI is InChI=1S/C19H19N5OS/c25-17(11-14-12-24-9-10-26-19(24)20-14)23-7-5-13(6-8-23)18-21-15-3-1-2-4-16(15)22-18/h1-4,9-10,12-13H,5-8,11H2,(H,21,22). The van der Waals surface area contributed by atoms with Crippen LogP contribution in [0.3, 0.4) is 0 Å². The van der Waals surface area contributed by atoms with Crippen LogP contribution < -0.4 is 0 Å². The van der Waals surface area contributed by atoms with E-state index in [0.717, 1.165) is 53.4 Å². The van der Waals surface area contributed by atoms with Crippen molar-refractivity contribution in [1.29, 1.82) is 0 Å². The van der Waals surface area contributed by atoms with E-state index in [4.69, 9.17) is 4.98 Å². The summed E-state index contributed by atoms with van der Waals surface area (Å²) in [6.07, 6.45) is 6.20. The number of H-pyrrole nitrogens is 1. The molecule has 26 heavy (non-hydrogen) atoms. The van der Waals surface area contributed by atoms with Gasteiger partial charge in [-0.25, -0.2) is 9.97 Å². The minimum atomic E-state index is 0.166. The molecule has 7 heteroatoms. The Hall–Kier alpha value is -2.67. The second-order valence-electron chi connectivity index (χ2n) is 6.80. The van der Waals surface area contributed by atoms with Crippen molar-refractivity contribution < 1.29 is 4.79 Å².